The van der Waals surface area contributed by atoms with E-state index >= 15 is 0 Å². The van der Waals surface area contributed by atoms with Crippen molar-refractivity contribution < 1.29 is 9.47 Å². The molecule has 0 radical (unpaired) electrons. The van der Waals surface area contributed by atoms with Gasteiger partial charge in [0, 0.05) is 27.7 Å². The minimum atomic E-state index is -0.00566. The van der Waals surface area contributed by atoms with E-state index in [0.29, 0.717) is 6.79 Å². The number of fused-ring (bicyclic) bond motifs is 1. The molecule has 1 fully saturated rings. The number of benzene rings is 3. The molecule has 2 heteroatoms. The van der Waals surface area contributed by atoms with Gasteiger partial charge in [0.05, 0.1) is 13.2 Å². The van der Waals surface area contributed by atoms with Crippen LogP contribution in [0.3, 0.4) is 0 Å². The Morgan fingerprint density at radius 2 is 1.03 bits per heavy atom. The van der Waals surface area contributed by atoms with Gasteiger partial charge in [-0.1, -0.05) is 60.1 Å². The molecule has 3 aromatic rings. The van der Waals surface area contributed by atoms with E-state index in [1.165, 1.54) is 11.1 Å². The molecular weight excluding hydrogens is 368 g/mol. The standard InChI is InChI=1S/C28H22O2/c1-3-7-22(8-4-1)11-13-24-15-16-25(14-12-23-9-5-2-6-10-23)27-18-28(17-26(24)27)19-29-21-30-20-28/h1-10,15-16H,17-21H2. The van der Waals surface area contributed by atoms with Gasteiger partial charge in [0.1, 0.15) is 6.79 Å². The largest absolute Gasteiger partial charge is 0.355 e. The average Bonchev–Trinajstić information content (AvgIpc) is 3.17. The Morgan fingerprint density at radius 3 is 1.50 bits per heavy atom. The second-order valence-electron chi connectivity index (χ2n) is 8.02. The molecule has 1 heterocycles. The Hall–Kier alpha value is -3.30. The molecule has 2 aliphatic rings. The van der Waals surface area contributed by atoms with Crippen LogP contribution in [0.15, 0.2) is 72.8 Å². The molecule has 5 rings (SSSR count). The number of rotatable bonds is 0. The van der Waals surface area contributed by atoms with Crippen LogP contribution in [-0.2, 0) is 22.3 Å². The highest BCUT2D eigenvalue weighted by molar-refractivity contribution is 5.59. The van der Waals surface area contributed by atoms with E-state index in [9.17, 15) is 0 Å². The van der Waals surface area contributed by atoms with Crippen LogP contribution >= 0.6 is 0 Å². The van der Waals surface area contributed by atoms with Crippen LogP contribution in [0.2, 0.25) is 0 Å². The SMILES string of the molecule is C(#Cc1ccc(C#Cc2ccccc2)c2c1CC1(COCOC1)C2)c1ccccc1. The molecule has 1 saturated heterocycles. The Kier molecular flexibility index (Phi) is 5.12. The number of ether oxygens (including phenoxy) is 2. The van der Waals surface area contributed by atoms with Gasteiger partial charge in [-0.05, 0) is 60.4 Å². The highest BCUT2D eigenvalue weighted by Gasteiger charge is 2.41. The molecule has 1 aliphatic carbocycles. The van der Waals surface area contributed by atoms with Crippen molar-refractivity contribution in [3.8, 4) is 23.7 Å². The van der Waals surface area contributed by atoms with E-state index in [2.05, 4.69) is 35.8 Å². The predicted octanol–water partition coefficient (Wildman–Crippen LogP) is 4.58. The molecule has 0 bridgehead atoms. The van der Waals surface area contributed by atoms with Crippen LogP contribution in [-0.4, -0.2) is 20.0 Å². The van der Waals surface area contributed by atoms with Gasteiger partial charge < -0.3 is 9.47 Å². The van der Waals surface area contributed by atoms with Crippen LogP contribution in [0, 0.1) is 29.1 Å². The van der Waals surface area contributed by atoms with Gasteiger partial charge in [0.15, 0.2) is 0 Å². The van der Waals surface area contributed by atoms with Gasteiger partial charge in [-0.3, -0.25) is 0 Å². The van der Waals surface area contributed by atoms with Gasteiger partial charge in [-0.25, -0.2) is 0 Å². The minimum absolute atomic E-state index is 0.00566. The van der Waals surface area contributed by atoms with Crippen molar-refractivity contribution in [2.24, 2.45) is 5.41 Å². The highest BCUT2D eigenvalue weighted by atomic mass is 16.7. The molecule has 0 unspecified atom stereocenters. The van der Waals surface area contributed by atoms with Crippen molar-refractivity contribution in [1.29, 1.82) is 0 Å². The fourth-order valence-electron chi connectivity index (χ4n) is 4.29. The predicted molar refractivity (Wildman–Crippen MR) is 118 cm³/mol. The molecule has 3 aromatic carbocycles. The van der Waals surface area contributed by atoms with E-state index in [0.717, 1.165) is 48.3 Å². The third-order valence-electron chi connectivity index (χ3n) is 5.75. The van der Waals surface area contributed by atoms with Crippen LogP contribution < -0.4 is 0 Å². The summed E-state index contributed by atoms with van der Waals surface area (Å²) in [6.45, 7) is 1.83. The maximum atomic E-state index is 5.68. The fourth-order valence-corrected chi connectivity index (χ4v) is 4.29. The van der Waals surface area contributed by atoms with Crippen molar-refractivity contribution >= 4 is 0 Å². The summed E-state index contributed by atoms with van der Waals surface area (Å²) < 4.78 is 11.4. The van der Waals surface area contributed by atoms with Gasteiger partial charge in [0.25, 0.3) is 0 Å². The van der Waals surface area contributed by atoms with Crippen molar-refractivity contribution in [1.82, 2.24) is 0 Å². The Bertz CT molecular complexity index is 1080. The van der Waals surface area contributed by atoms with Gasteiger partial charge in [-0.2, -0.15) is 0 Å². The van der Waals surface area contributed by atoms with Gasteiger partial charge >= 0.3 is 0 Å². The molecule has 0 atom stereocenters. The van der Waals surface area contributed by atoms with E-state index in [4.69, 9.17) is 9.47 Å². The molecule has 146 valence electrons. The lowest BCUT2D eigenvalue weighted by atomic mass is 9.86. The summed E-state index contributed by atoms with van der Waals surface area (Å²) in [5.41, 5.74) is 6.81. The maximum Gasteiger partial charge on any atom is 0.146 e. The third-order valence-corrected chi connectivity index (χ3v) is 5.75. The molecule has 0 amide bonds. The Balaban J connectivity index is 1.55. The Labute approximate surface area is 177 Å². The summed E-state index contributed by atoms with van der Waals surface area (Å²) in [4.78, 5) is 0. The van der Waals surface area contributed by atoms with Crippen LogP contribution in [0.4, 0.5) is 0 Å². The van der Waals surface area contributed by atoms with Crippen molar-refractivity contribution in [3.05, 3.63) is 106 Å². The molecular formula is C28H22O2. The monoisotopic (exact) mass is 390 g/mol. The molecule has 1 aliphatic heterocycles. The van der Waals surface area contributed by atoms with E-state index in [1.54, 1.807) is 0 Å². The molecule has 0 saturated carbocycles. The summed E-state index contributed by atoms with van der Waals surface area (Å²) in [7, 11) is 0. The second-order valence-corrected chi connectivity index (χ2v) is 8.02. The minimum Gasteiger partial charge on any atom is -0.355 e. The zero-order valence-electron chi connectivity index (χ0n) is 16.8. The lowest BCUT2D eigenvalue weighted by Gasteiger charge is -2.32. The molecule has 0 aromatic heterocycles. The normalized spacial score (nSPS) is 16.1. The lowest BCUT2D eigenvalue weighted by Crippen LogP contribution is -2.38. The summed E-state index contributed by atoms with van der Waals surface area (Å²) in [5, 5.41) is 0. The molecule has 0 N–H and O–H groups in total. The first kappa shape index (κ1) is 18.7. The molecule has 1 spiro atoms. The first-order valence-corrected chi connectivity index (χ1v) is 10.3. The van der Waals surface area contributed by atoms with Gasteiger partial charge in [0.2, 0.25) is 0 Å². The van der Waals surface area contributed by atoms with Gasteiger partial charge in [-0.15, -0.1) is 0 Å². The second kappa shape index (κ2) is 8.21. The molecule has 30 heavy (non-hydrogen) atoms. The average molecular weight is 390 g/mol. The molecule has 2 nitrogen and oxygen atoms in total. The van der Waals surface area contributed by atoms with E-state index in [-0.39, 0.29) is 5.41 Å². The summed E-state index contributed by atoms with van der Waals surface area (Å²) in [6.07, 6.45) is 1.84. The van der Waals surface area contributed by atoms with Crippen LogP contribution in [0.25, 0.3) is 0 Å². The van der Waals surface area contributed by atoms with Crippen molar-refractivity contribution in [2.45, 2.75) is 12.8 Å². The summed E-state index contributed by atoms with van der Waals surface area (Å²) >= 11 is 0. The van der Waals surface area contributed by atoms with Crippen LogP contribution in [0.1, 0.15) is 33.4 Å². The number of hydrogen-bond acceptors (Lipinski definition) is 2. The topological polar surface area (TPSA) is 18.5 Å². The first-order chi connectivity index (χ1) is 14.8. The third kappa shape index (κ3) is 3.89. The van der Waals surface area contributed by atoms with Crippen molar-refractivity contribution in [2.75, 3.05) is 20.0 Å². The Morgan fingerprint density at radius 1 is 0.567 bits per heavy atom. The zero-order valence-corrected chi connectivity index (χ0v) is 16.8. The summed E-state index contributed by atoms with van der Waals surface area (Å²) in [6, 6.07) is 24.5. The smallest absolute Gasteiger partial charge is 0.146 e. The lowest BCUT2D eigenvalue weighted by molar-refractivity contribution is -0.161. The summed E-state index contributed by atoms with van der Waals surface area (Å²) in [5.74, 6) is 13.4. The first-order valence-electron chi connectivity index (χ1n) is 10.3. The fraction of sp³-hybridized carbons (Fsp3) is 0.214. The maximum absolute atomic E-state index is 5.68. The van der Waals surface area contributed by atoms with Crippen LogP contribution in [0.5, 0.6) is 0 Å². The van der Waals surface area contributed by atoms with E-state index < -0.39 is 0 Å². The zero-order chi connectivity index (χ0) is 20.2. The number of hydrogen-bond donors (Lipinski definition) is 0. The quantitative estimate of drug-likeness (QED) is 0.523. The van der Waals surface area contributed by atoms with E-state index in [1.807, 2.05) is 60.7 Å². The highest BCUT2D eigenvalue weighted by Crippen LogP contribution is 2.42. The van der Waals surface area contributed by atoms with Crippen molar-refractivity contribution in [3.63, 3.8) is 0 Å².